The van der Waals surface area contributed by atoms with Crippen LogP contribution >= 0.6 is 0 Å². The fraction of sp³-hybridized carbons (Fsp3) is 0.815. The van der Waals surface area contributed by atoms with Crippen LogP contribution in [0.5, 0.6) is 0 Å². The van der Waals surface area contributed by atoms with Gasteiger partial charge < -0.3 is 34.3 Å². The molecule has 10 nitrogen and oxygen atoms in total. The maximum Gasteiger partial charge on any atom is 0.331 e. The van der Waals surface area contributed by atoms with Gasteiger partial charge in [0.2, 0.25) is 0 Å². The van der Waals surface area contributed by atoms with E-state index in [1.807, 2.05) is 6.92 Å². The highest BCUT2D eigenvalue weighted by Crippen LogP contribution is 2.70. The number of epoxide rings is 1. The highest BCUT2D eigenvalue weighted by Gasteiger charge is 2.80. The summed E-state index contributed by atoms with van der Waals surface area (Å²) in [5.74, 6) is -2.63. The largest absolute Gasteiger partial charge is 0.462 e. The van der Waals surface area contributed by atoms with E-state index in [2.05, 4.69) is 0 Å². The first-order valence-corrected chi connectivity index (χ1v) is 13.2. The Hall–Kier alpha value is -2.01. The predicted octanol–water partition coefficient (Wildman–Crippen LogP) is 1.43. The van der Waals surface area contributed by atoms with Crippen molar-refractivity contribution in [3.63, 3.8) is 0 Å². The van der Waals surface area contributed by atoms with Gasteiger partial charge >= 0.3 is 17.9 Å². The quantitative estimate of drug-likeness (QED) is 0.241. The Balaban J connectivity index is 1.87. The number of ether oxygens (including phenoxy) is 4. The van der Waals surface area contributed by atoms with Crippen LogP contribution in [0.2, 0.25) is 0 Å². The predicted molar refractivity (Wildman–Crippen MR) is 129 cm³/mol. The first kappa shape index (κ1) is 28.0. The summed E-state index contributed by atoms with van der Waals surface area (Å²) >= 11 is 0. The zero-order valence-electron chi connectivity index (χ0n) is 22.3. The van der Waals surface area contributed by atoms with Crippen molar-refractivity contribution in [2.45, 2.75) is 96.2 Å². The summed E-state index contributed by atoms with van der Waals surface area (Å²) < 4.78 is 22.8. The van der Waals surface area contributed by atoms with Gasteiger partial charge in [0, 0.05) is 24.8 Å². The van der Waals surface area contributed by atoms with E-state index in [0.29, 0.717) is 37.9 Å². The highest BCUT2D eigenvalue weighted by atomic mass is 16.6. The normalized spacial score (nSPS) is 42.3. The molecule has 2 saturated carbocycles. The van der Waals surface area contributed by atoms with Crippen molar-refractivity contribution in [1.82, 2.24) is 0 Å². The topological polar surface area (TPSA) is 152 Å². The average molecular weight is 525 g/mol. The van der Waals surface area contributed by atoms with Crippen molar-refractivity contribution in [3.8, 4) is 0 Å². The summed E-state index contributed by atoms with van der Waals surface area (Å²) in [6.45, 7) is 7.93. The summed E-state index contributed by atoms with van der Waals surface area (Å²) in [6.07, 6.45) is -0.0811. The van der Waals surface area contributed by atoms with Crippen molar-refractivity contribution in [2.75, 3.05) is 19.8 Å². The van der Waals surface area contributed by atoms with E-state index in [1.165, 1.54) is 19.9 Å². The van der Waals surface area contributed by atoms with Gasteiger partial charge in [0.1, 0.15) is 36.1 Å². The van der Waals surface area contributed by atoms with Gasteiger partial charge in [-0.3, -0.25) is 9.59 Å². The number of esters is 3. The smallest absolute Gasteiger partial charge is 0.331 e. The second kappa shape index (κ2) is 9.63. The lowest BCUT2D eigenvalue weighted by Gasteiger charge is -2.67. The van der Waals surface area contributed by atoms with Gasteiger partial charge in [-0.25, -0.2) is 4.79 Å². The first-order chi connectivity index (χ1) is 17.3. The van der Waals surface area contributed by atoms with Gasteiger partial charge in [0.15, 0.2) is 0 Å². The molecule has 4 aliphatic rings. The molecular weight excluding hydrogens is 484 g/mol. The zero-order valence-corrected chi connectivity index (χ0v) is 22.3. The molecule has 10 heteroatoms. The number of aliphatic hydroxyl groups excluding tert-OH is 2. The summed E-state index contributed by atoms with van der Waals surface area (Å²) in [6, 6.07) is 0. The fourth-order valence-electron chi connectivity index (χ4n) is 7.26. The Bertz CT molecular complexity index is 968. The number of cyclic esters (lactones) is 1. The minimum atomic E-state index is -1.92. The van der Waals surface area contributed by atoms with Gasteiger partial charge in [0.05, 0.1) is 24.5 Å². The molecule has 0 aromatic heterocycles. The lowest BCUT2D eigenvalue weighted by molar-refractivity contribution is -0.326. The Morgan fingerprint density at radius 3 is 2.49 bits per heavy atom. The van der Waals surface area contributed by atoms with Crippen LogP contribution in [-0.2, 0) is 33.3 Å². The fourth-order valence-corrected chi connectivity index (χ4v) is 7.26. The number of aliphatic hydroxyl groups is 3. The first-order valence-electron chi connectivity index (χ1n) is 13.2. The van der Waals surface area contributed by atoms with Crippen molar-refractivity contribution in [2.24, 2.45) is 22.7 Å². The standard InChI is InChI=1S/C27H40O10/c1-6-15(2)23(32)37-22-21(31)25(5,33)24(4,18-8-7-9-26(14-35-26)27(18,22)13-28)19(36-16(3)29)10-17-11-20(30)34-12-17/h11,15,18-19,21-22,28,31,33H,6-10,12-14H2,1-5H3/t15-,18+,19-,21-,22-,24-,25-,26-,27-/m0/s1. The molecule has 3 N–H and O–H groups in total. The van der Waals surface area contributed by atoms with Crippen LogP contribution in [-0.4, -0.2) is 82.6 Å². The third kappa shape index (κ3) is 4.11. The maximum absolute atomic E-state index is 13.0. The van der Waals surface area contributed by atoms with E-state index >= 15 is 0 Å². The van der Waals surface area contributed by atoms with Crippen molar-refractivity contribution >= 4 is 17.9 Å². The average Bonchev–Trinajstić information content (AvgIpc) is 3.51. The molecule has 0 unspecified atom stereocenters. The minimum absolute atomic E-state index is 0.0371. The number of rotatable bonds is 8. The summed E-state index contributed by atoms with van der Waals surface area (Å²) in [5, 5.41) is 35.0. The zero-order chi connectivity index (χ0) is 27.4. The molecule has 0 aromatic rings. The van der Waals surface area contributed by atoms with E-state index in [-0.39, 0.29) is 13.0 Å². The number of hydrogen-bond donors (Lipinski definition) is 3. The van der Waals surface area contributed by atoms with Gasteiger partial charge in [-0.2, -0.15) is 0 Å². The van der Waals surface area contributed by atoms with E-state index in [1.54, 1.807) is 13.8 Å². The third-order valence-electron chi connectivity index (χ3n) is 9.89. The summed E-state index contributed by atoms with van der Waals surface area (Å²) in [5.41, 5.74) is -4.76. The van der Waals surface area contributed by atoms with Gasteiger partial charge in [-0.1, -0.05) is 27.2 Å². The van der Waals surface area contributed by atoms with Gasteiger partial charge in [0.25, 0.3) is 0 Å². The molecule has 1 saturated heterocycles. The molecule has 0 amide bonds. The van der Waals surface area contributed by atoms with Crippen LogP contribution in [0.4, 0.5) is 0 Å². The molecule has 37 heavy (non-hydrogen) atoms. The van der Waals surface area contributed by atoms with E-state index in [0.717, 1.165) is 0 Å². The molecule has 208 valence electrons. The number of hydrogen-bond acceptors (Lipinski definition) is 10. The molecule has 0 bridgehead atoms. The Morgan fingerprint density at radius 2 is 1.97 bits per heavy atom. The van der Waals surface area contributed by atoms with Crippen LogP contribution < -0.4 is 0 Å². The van der Waals surface area contributed by atoms with Crippen LogP contribution in [0.1, 0.15) is 66.7 Å². The SMILES string of the molecule is CC[C@H](C)C(=O)O[C@H]1[C@H](O)[C@](C)(O)[C@](C)([C@H](CC2=CC(=O)OC2)OC(C)=O)[C@H]2CCC[C@]3(CO3)[C@@]21CO. The maximum atomic E-state index is 13.0. The van der Waals surface area contributed by atoms with Crippen molar-refractivity contribution in [3.05, 3.63) is 11.6 Å². The van der Waals surface area contributed by atoms with E-state index < -0.39 is 76.7 Å². The second-order valence-corrected chi connectivity index (χ2v) is 11.7. The highest BCUT2D eigenvalue weighted by molar-refractivity contribution is 5.85. The monoisotopic (exact) mass is 524 g/mol. The molecule has 4 rings (SSSR count). The van der Waals surface area contributed by atoms with Crippen molar-refractivity contribution < 1.29 is 48.7 Å². The van der Waals surface area contributed by atoms with E-state index in [9.17, 15) is 29.7 Å². The molecule has 3 fully saturated rings. The lowest BCUT2D eigenvalue weighted by Crippen LogP contribution is -2.79. The molecule has 2 aliphatic heterocycles. The van der Waals surface area contributed by atoms with Crippen LogP contribution in [0.15, 0.2) is 11.6 Å². The molecule has 1 spiro atoms. The number of carbonyl (C=O) groups is 3. The number of fused-ring (bicyclic) bond motifs is 2. The lowest BCUT2D eigenvalue weighted by atomic mass is 9.40. The number of carbonyl (C=O) groups excluding carboxylic acids is 3. The summed E-state index contributed by atoms with van der Waals surface area (Å²) in [7, 11) is 0. The van der Waals surface area contributed by atoms with E-state index in [4.69, 9.17) is 18.9 Å². The van der Waals surface area contributed by atoms with Crippen molar-refractivity contribution in [1.29, 1.82) is 0 Å². The minimum Gasteiger partial charge on any atom is -0.462 e. The Morgan fingerprint density at radius 1 is 1.30 bits per heavy atom. The third-order valence-corrected chi connectivity index (χ3v) is 9.89. The molecule has 0 radical (unpaired) electrons. The van der Waals surface area contributed by atoms with Crippen LogP contribution in [0.25, 0.3) is 0 Å². The second-order valence-electron chi connectivity index (χ2n) is 11.7. The van der Waals surface area contributed by atoms with Crippen LogP contribution in [0.3, 0.4) is 0 Å². The van der Waals surface area contributed by atoms with Crippen LogP contribution in [0, 0.1) is 22.7 Å². The van der Waals surface area contributed by atoms with Gasteiger partial charge in [-0.15, -0.1) is 0 Å². The molecule has 2 aliphatic carbocycles. The summed E-state index contributed by atoms with van der Waals surface area (Å²) in [4.78, 5) is 37.1. The molecule has 0 aromatic carbocycles. The molecule has 9 atom stereocenters. The Labute approximate surface area is 217 Å². The Kier molecular flexibility index (Phi) is 7.29. The molecule has 2 heterocycles. The van der Waals surface area contributed by atoms with Gasteiger partial charge in [-0.05, 0) is 37.7 Å². The molecular formula is C27H40O10.